The van der Waals surface area contributed by atoms with E-state index in [1.807, 2.05) is 0 Å². The Morgan fingerprint density at radius 1 is 1.57 bits per heavy atom. The molecule has 0 saturated heterocycles. The van der Waals surface area contributed by atoms with Gasteiger partial charge in [0.2, 0.25) is 0 Å². The molecule has 0 unspecified atom stereocenters. The van der Waals surface area contributed by atoms with Crippen LogP contribution < -0.4 is 0 Å². The summed E-state index contributed by atoms with van der Waals surface area (Å²) in [4.78, 5) is 14.7. The second kappa shape index (κ2) is 5.29. The number of hydrogen-bond donors (Lipinski definition) is 0. The minimum absolute atomic E-state index is 0.108. The van der Waals surface area contributed by atoms with Gasteiger partial charge in [-0.05, 0) is 6.07 Å². The number of aromatic nitrogens is 1. The fourth-order valence-corrected chi connectivity index (χ4v) is 0.836. The molecule has 0 aliphatic heterocycles. The Bertz CT molecular complexity index is 317. The molecule has 1 aromatic heterocycles. The van der Waals surface area contributed by atoms with Crippen LogP contribution in [0, 0.1) is 5.82 Å². The van der Waals surface area contributed by atoms with Crippen molar-refractivity contribution in [2.75, 3.05) is 20.3 Å². The highest BCUT2D eigenvalue weighted by Crippen LogP contribution is 2.05. The van der Waals surface area contributed by atoms with E-state index < -0.39 is 11.8 Å². The summed E-state index contributed by atoms with van der Waals surface area (Å²) in [6, 6.07) is 1.27. The maximum atomic E-state index is 13.0. The van der Waals surface area contributed by atoms with Crippen LogP contribution in [0.2, 0.25) is 0 Å². The molecular formula is C9H10FNO3. The monoisotopic (exact) mass is 199 g/mol. The van der Waals surface area contributed by atoms with Gasteiger partial charge >= 0.3 is 5.97 Å². The van der Waals surface area contributed by atoms with E-state index >= 15 is 0 Å². The van der Waals surface area contributed by atoms with Crippen LogP contribution in [0.1, 0.15) is 10.4 Å². The zero-order valence-electron chi connectivity index (χ0n) is 7.70. The zero-order valence-corrected chi connectivity index (χ0v) is 7.70. The van der Waals surface area contributed by atoms with Gasteiger partial charge in [-0.3, -0.25) is 4.98 Å². The molecule has 0 fully saturated rings. The first-order valence-electron chi connectivity index (χ1n) is 4.01. The molecule has 0 radical (unpaired) electrons. The number of carbonyl (C=O) groups excluding carboxylic acids is 1. The van der Waals surface area contributed by atoms with Crippen LogP contribution in [0.3, 0.4) is 0 Å². The third kappa shape index (κ3) is 2.77. The molecule has 0 atom stereocenters. The van der Waals surface area contributed by atoms with Crippen molar-refractivity contribution in [2.24, 2.45) is 0 Å². The molecular weight excluding hydrogens is 189 g/mol. The van der Waals surface area contributed by atoms with E-state index in [-0.39, 0.29) is 12.2 Å². The Balaban J connectivity index is 2.56. The van der Waals surface area contributed by atoms with E-state index in [1.54, 1.807) is 0 Å². The highest BCUT2D eigenvalue weighted by molar-refractivity contribution is 5.89. The van der Waals surface area contributed by atoms with Crippen molar-refractivity contribution < 1.29 is 18.7 Å². The van der Waals surface area contributed by atoms with Crippen LogP contribution >= 0.6 is 0 Å². The molecule has 0 spiro atoms. The van der Waals surface area contributed by atoms with Crippen LogP contribution in [0.25, 0.3) is 0 Å². The maximum Gasteiger partial charge on any atom is 0.341 e. The first-order chi connectivity index (χ1) is 6.75. The van der Waals surface area contributed by atoms with Crippen molar-refractivity contribution in [1.82, 2.24) is 4.98 Å². The maximum absolute atomic E-state index is 13.0. The molecule has 0 N–H and O–H groups in total. The molecule has 0 aromatic carbocycles. The van der Waals surface area contributed by atoms with Gasteiger partial charge in [-0.2, -0.15) is 0 Å². The van der Waals surface area contributed by atoms with E-state index in [4.69, 9.17) is 4.74 Å². The third-order valence-electron chi connectivity index (χ3n) is 1.51. The number of halogens is 1. The smallest absolute Gasteiger partial charge is 0.341 e. The summed E-state index contributed by atoms with van der Waals surface area (Å²) >= 11 is 0. The van der Waals surface area contributed by atoms with Gasteiger partial charge in [-0.25, -0.2) is 9.18 Å². The number of rotatable bonds is 4. The van der Waals surface area contributed by atoms with Crippen molar-refractivity contribution in [3.05, 3.63) is 29.8 Å². The van der Waals surface area contributed by atoms with Crippen molar-refractivity contribution in [2.45, 2.75) is 0 Å². The van der Waals surface area contributed by atoms with E-state index in [2.05, 4.69) is 9.72 Å². The molecule has 76 valence electrons. The molecule has 0 aliphatic rings. The standard InChI is InChI=1S/C9H10FNO3/c1-13-4-5-14-9(12)7-2-3-11-6-8(7)10/h2-3,6H,4-5H2,1H3. The largest absolute Gasteiger partial charge is 0.460 e. The molecule has 0 amide bonds. The Morgan fingerprint density at radius 3 is 3.00 bits per heavy atom. The van der Waals surface area contributed by atoms with Gasteiger partial charge in [0.25, 0.3) is 0 Å². The van der Waals surface area contributed by atoms with Gasteiger partial charge in [-0.1, -0.05) is 0 Å². The van der Waals surface area contributed by atoms with Gasteiger partial charge < -0.3 is 9.47 Å². The van der Waals surface area contributed by atoms with Crippen LogP contribution in [0.4, 0.5) is 4.39 Å². The fourth-order valence-electron chi connectivity index (χ4n) is 0.836. The molecule has 0 saturated carbocycles. The van der Waals surface area contributed by atoms with E-state index in [0.29, 0.717) is 6.61 Å². The number of ether oxygens (including phenoxy) is 2. The first-order valence-corrected chi connectivity index (χ1v) is 4.01. The van der Waals surface area contributed by atoms with Crippen molar-refractivity contribution >= 4 is 5.97 Å². The molecule has 14 heavy (non-hydrogen) atoms. The van der Waals surface area contributed by atoms with Gasteiger partial charge in [0.15, 0.2) is 5.82 Å². The number of pyridine rings is 1. The van der Waals surface area contributed by atoms with Gasteiger partial charge in [-0.15, -0.1) is 0 Å². The molecule has 1 aromatic rings. The molecule has 5 heteroatoms. The zero-order chi connectivity index (χ0) is 10.4. The summed E-state index contributed by atoms with van der Waals surface area (Å²) in [5.74, 6) is -1.39. The summed E-state index contributed by atoms with van der Waals surface area (Å²) in [5, 5.41) is 0. The van der Waals surface area contributed by atoms with Crippen molar-refractivity contribution in [3.8, 4) is 0 Å². The highest BCUT2D eigenvalue weighted by atomic mass is 19.1. The second-order valence-corrected chi connectivity index (χ2v) is 2.48. The van der Waals surface area contributed by atoms with Crippen LogP contribution in [-0.4, -0.2) is 31.3 Å². The van der Waals surface area contributed by atoms with Gasteiger partial charge in [0.05, 0.1) is 18.4 Å². The second-order valence-electron chi connectivity index (χ2n) is 2.48. The lowest BCUT2D eigenvalue weighted by atomic mass is 10.2. The van der Waals surface area contributed by atoms with Crippen molar-refractivity contribution in [1.29, 1.82) is 0 Å². The predicted molar refractivity (Wildman–Crippen MR) is 46.4 cm³/mol. The molecule has 4 nitrogen and oxygen atoms in total. The fraction of sp³-hybridized carbons (Fsp3) is 0.333. The van der Waals surface area contributed by atoms with Gasteiger partial charge in [0.1, 0.15) is 6.61 Å². The minimum atomic E-state index is -0.707. The lowest BCUT2D eigenvalue weighted by Crippen LogP contribution is -2.11. The topological polar surface area (TPSA) is 48.4 Å². The van der Waals surface area contributed by atoms with Crippen LogP contribution in [-0.2, 0) is 9.47 Å². The molecule has 0 bridgehead atoms. The van der Waals surface area contributed by atoms with E-state index in [9.17, 15) is 9.18 Å². The third-order valence-corrected chi connectivity index (χ3v) is 1.51. The summed E-state index contributed by atoms with van der Waals surface area (Å²) in [5.41, 5.74) is -0.115. The number of methoxy groups -OCH3 is 1. The average Bonchev–Trinajstić information content (AvgIpc) is 2.18. The van der Waals surface area contributed by atoms with E-state index in [1.165, 1.54) is 19.4 Å². The van der Waals surface area contributed by atoms with E-state index in [0.717, 1.165) is 6.20 Å². The Labute approximate surface area is 80.7 Å². The lowest BCUT2D eigenvalue weighted by Gasteiger charge is -2.03. The SMILES string of the molecule is COCCOC(=O)c1ccncc1F. The predicted octanol–water partition coefficient (Wildman–Crippen LogP) is 1.02. The average molecular weight is 199 g/mol. The quantitative estimate of drug-likeness (QED) is 0.536. The van der Waals surface area contributed by atoms with Crippen molar-refractivity contribution in [3.63, 3.8) is 0 Å². The Kier molecular flexibility index (Phi) is 4.00. The van der Waals surface area contributed by atoms with Crippen LogP contribution in [0.15, 0.2) is 18.5 Å². The molecule has 1 rings (SSSR count). The minimum Gasteiger partial charge on any atom is -0.460 e. The summed E-state index contributed by atoms with van der Waals surface area (Å²) in [7, 11) is 1.49. The summed E-state index contributed by atoms with van der Waals surface area (Å²) in [6.07, 6.45) is 2.29. The molecule has 1 heterocycles. The normalized spacial score (nSPS) is 9.86. The molecule has 0 aliphatic carbocycles. The Hall–Kier alpha value is -1.49. The van der Waals surface area contributed by atoms with Crippen LogP contribution in [0.5, 0.6) is 0 Å². The number of nitrogens with zero attached hydrogens (tertiary/aromatic N) is 1. The number of hydrogen-bond acceptors (Lipinski definition) is 4. The highest BCUT2D eigenvalue weighted by Gasteiger charge is 2.11. The Morgan fingerprint density at radius 2 is 2.36 bits per heavy atom. The summed E-state index contributed by atoms with van der Waals surface area (Å²) in [6.45, 7) is 0.398. The summed E-state index contributed by atoms with van der Waals surface area (Å²) < 4.78 is 22.3. The van der Waals surface area contributed by atoms with Gasteiger partial charge in [0, 0.05) is 13.3 Å². The lowest BCUT2D eigenvalue weighted by molar-refractivity contribution is 0.0383. The first kappa shape index (κ1) is 10.6. The number of esters is 1. The number of carbonyl (C=O) groups is 1.